The Bertz CT molecular complexity index is 15.5. The second-order valence-electron chi connectivity index (χ2n) is 0.247. The minimum atomic E-state index is -4.64. The van der Waals surface area contributed by atoms with Crippen LogP contribution in [0.1, 0.15) is 0 Å². The molecule has 0 unspecified atom stereocenters. The van der Waals surface area contributed by atoms with E-state index in [1.54, 1.807) is 0 Å². The van der Waals surface area contributed by atoms with Crippen molar-refractivity contribution >= 4 is 61.2 Å². The molecule has 0 fully saturated rings. The molecule has 0 rings (SSSR count). The predicted molar refractivity (Wildman–Crippen MR) is 29.0 cm³/mol. The standard InChI is InChI=1S/Al.3FH.Ga.In.6H/h;3*1H;;;;;;;;/q+3;;;;;;;;;;;/p-3. The fraction of sp³-hybridized carbons (Fsp3) is 0. The molecule has 0 aromatic rings. The van der Waals surface area contributed by atoms with Crippen LogP contribution < -0.4 is 0 Å². The normalized spacial score (nSPS) is 4.50. The first-order valence-electron chi connectivity index (χ1n) is 0.655. The first kappa shape index (κ1) is 15.7. The van der Waals surface area contributed by atoms with Gasteiger partial charge < -0.3 is 10.6 Å². The Hall–Kier alpha value is 1.83. The molecule has 0 aliphatic carbocycles. The fourth-order valence-electron chi connectivity index (χ4n) is 0. The van der Waals surface area contributed by atoms with Gasteiger partial charge in [0.25, 0.3) is 0 Å². The second kappa shape index (κ2) is 9.95. The van der Waals surface area contributed by atoms with Gasteiger partial charge in [0.15, 0.2) is 0 Å². The second-order valence-corrected chi connectivity index (χ2v) is 0.742. The number of hydrogen-bond acceptors (Lipinski definition) is 0. The number of halogens is 3. The van der Waals surface area contributed by atoms with Crippen LogP contribution in [0.3, 0.4) is 0 Å². The molecule has 0 bridgehead atoms. The van der Waals surface area contributed by atoms with Crippen molar-refractivity contribution in [3.05, 3.63) is 0 Å². The average Bonchev–Trinajstić information content (AvgIpc) is 0.811. The third-order valence-electron chi connectivity index (χ3n) is 0. The zero-order valence-corrected chi connectivity index (χ0v) is 2.87. The Morgan fingerprint density at radius 3 is 1.00 bits per heavy atom. The molecule has 0 heterocycles. The average molecular weight is 275 g/mol. The van der Waals surface area contributed by atoms with E-state index in [-0.39, 0.29) is 45.6 Å². The number of hydrogen-bond donors (Lipinski definition) is 0. The van der Waals surface area contributed by atoms with Crippen molar-refractivity contribution in [2.75, 3.05) is 0 Å². The monoisotopic (exact) mass is 274 g/mol. The Balaban J connectivity index is -0.0000000450. The van der Waals surface area contributed by atoms with Crippen molar-refractivity contribution < 1.29 is 10.6 Å². The van der Waals surface area contributed by atoms with Crippen LogP contribution in [0, 0.1) is 0 Å². The van der Waals surface area contributed by atoms with Gasteiger partial charge in [-0.25, -0.2) is 0 Å². The van der Waals surface area contributed by atoms with E-state index in [0.717, 1.165) is 0 Å². The molecule has 0 amide bonds. The first-order valence-corrected chi connectivity index (χ1v) is 1.96. The summed E-state index contributed by atoms with van der Waals surface area (Å²) in [7, 11) is 0. The first-order chi connectivity index (χ1) is 1.73. The summed E-state index contributed by atoms with van der Waals surface area (Å²) in [6, 6.07) is 0. The van der Waals surface area contributed by atoms with Crippen molar-refractivity contribution in [1.82, 2.24) is 0 Å². The van der Waals surface area contributed by atoms with E-state index in [4.69, 9.17) is 0 Å². The van der Waals surface area contributed by atoms with Gasteiger partial charge in [-0.1, -0.05) is 0 Å². The molecule has 0 nitrogen and oxygen atoms in total. The molecule has 0 aromatic heterocycles. The molecule has 6 heteroatoms. The molecule has 0 aromatic carbocycles. The molecular weight excluding hydrogens is 269 g/mol. The quantitative estimate of drug-likeness (QED) is 0.472. The zero-order chi connectivity index (χ0) is 3.58. The molecule has 0 radical (unpaired) electrons. The van der Waals surface area contributed by atoms with Crippen LogP contribution in [0.5, 0.6) is 0 Å². The van der Waals surface area contributed by atoms with Gasteiger partial charge in [0.1, 0.15) is 0 Å². The van der Waals surface area contributed by atoms with E-state index in [1.165, 1.54) is 0 Å². The SMILES string of the molecule is [F][Al]([F])[F].[GaH3].[InH3]. The predicted octanol–water partition coefficient (Wildman–Crippen LogP) is -1.49. The Morgan fingerprint density at radius 2 is 1.00 bits per heavy atom. The molecular formula is H6AlF3GaIn. The van der Waals surface area contributed by atoms with Gasteiger partial charge >= 0.3 is 61.2 Å². The van der Waals surface area contributed by atoms with Gasteiger partial charge in [0.05, 0.1) is 0 Å². The van der Waals surface area contributed by atoms with Gasteiger partial charge in [-0.3, -0.25) is 0 Å². The van der Waals surface area contributed by atoms with Gasteiger partial charge in [-0.2, -0.15) is 0 Å². The topological polar surface area (TPSA) is 0 Å². The van der Waals surface area contributed by atoms with E-state index in [0.29, 0.717) is 0 Å². The van der Waals surface area contributed by atoms with Crippen LogP contribution in [0.25, 0.3) is 0 Å². The van der Waals surface area contributed by atoms with Gasteiger partial charge in [0, 0.05) is 0 Å². The maximum atomic E-state index is 9.81. The Labute approximate surface area is 71.1 Å². The Kier molecular flexibility index (Phi) is 26.0. The molecule has 0 saturated carbocycles. The summed E-state index contributed by atoms with van der Waals surface area (Å²) in [6.45, 7) is 0. The third-order valence-corrected chi connectivity index (χ3v) is 0. The molecule has 0 saturated heterocycles. The van der Waals surface area contributed by atoms with E-state index >= 15 is 0 Å². The van der Waals surface area contributed by atoms with E-state index in [1.807, 2.05) is 0 Å². The van der Waals surface area contributed by atoms with Crippen LogP contribution in [0.4, 0.5) is 10.6 Å². The fourth-order valence-corrected chi connectivity index (χ4v) is 0. The summed E-state index contributed by atoms with van der Waals surface area (Å²) in [5.41, 5.74) is 0. The molecule has 0 aliphatic rings. The van der Waals surface area contributed by atoms with Crippen molar-refractivity contribution in [1.29, 1.82) is 0 Å². The van der Waals surface area contributed by atoms with Crippen molar-refractivity contribution in [2.45, 2.75) is 0 Å². The zero-order valence-electron chi connectivity index (χ0n) is 1.71. The molecule has 0 aliphatic heterocycles. The third kappa shape index (κ3) is 40.6. The number of rotatable bonds is 0. The van der Waals surface area contributed by atoms with Gasteiger partial charge in [-0.15, -0.1) is 0 Å². The molecule has 0 spiro atoms. The minimum absolute atomic E-state index is 0. The van der Waals surface area contributed by atoms with Crippen molar-refractivity contribution in [2.24, 2.45) is 0 Å². The van der Waals surface area contributed by atoms with Crippen LogP contribution in [-0.4, -0.2) is 61.2 Å². The van der Waals surface area contributed by atoms with Gasteiger partial charge in [0.2, 0.25) is 0 Å². The van der Waals surface area contributed by atoms with Crippen LogP contribution in [-0.2, 0) is 0 Å². The summed E-state index contributed by atoms with van der Waals surface area (Å²) in [6.07, 6.45) is 0. The molecule has 0 atom stereocenters. The summed E-state index contributed by atoms with van der Waals surface area (Å²) >= 11 is -4.64. The van der Waals surface area contributed by atoms with Gasteiger partial charge in [-0.05, 0) is 0 Å². The summed E-state index contributed by atoms with van der Waals surface area (Å²) < 4.78 is 29.4. The molecule has 6 heavy (non-hydrogen) atoms. The summed E-state index contributed by atoms with van der Waals surface area (Å²) in [4.78, 5) is 0. The van der Waals surface area contributed by atoms with E-state index < -0.39 is 15.5 Å². The van der Waals surface area contributed by atoms with E-state index in [2.05, 4.69) is 0 Å². The van der Waals surface area contributed by atoms with E-state index in [9.17, 15) is 10.6 Å². The Morgan fingerprint density at radius 1 is 1.00 bits per heavy atom. The van der Waals surface area contributed by atoms with Crippen LogP contribution in [0.2, 0.25) is 0 Å². The van der Waals surface area contributed by atoms with Crippen molar-refractivity contribution in [3.8, 4) is 0 Å². The summed E-state index contributed by atoms with van der Waals surface area (Å²) in [5, 5.41) is 0. The summed E-state index contributed by atoms with van der Waals surface area (Å²) in [5.74, 6) is 0. The van der Waals surface area contributed by atoms with Crippen LogP contribution in [0.15, 0.2) is 0 Å². The van der Waals surface area contributed by atoms with Crippen molar-refractivity contribution in [3.63, 3.8) is 0 Å². The maximum absolute atomic E-state index is 9.81. The molecule has 0 N–H and O–H groups in total. The van der Waals surface area contributed by atoms with Crippen LogP contribution >= 0.6 is 0 Å². The molecule has 36 valence electrons.